The lowest BCUT2D eigenvalue weighted by molar-refractivity contribution is -0.130. The number of amides is 1. The number of aliphatic imine (C=N–C) groups is 1. The van der Waals surface area contributed by atoms with Gasteiger partial charge in [-0.3, -0.25) is 4.79 Å². The summed E-state index contributed by atoms with van der Waals surface area (Å²) in [4.78, 5) is 22.6. The molecule has 2 atom stereocenters. The van der Waals surface area contributed by atoms with Gasteiger partial charge in [0.25, 0.3) is 5.91 Å². The molecule has 5 rings (SSSR count). The number of carbonyl (C=O) groups excluding carboxylic acids is 1. The van der Waals surface area contributed by atoms with Crippen LogP contribution >= 0.6 is 15.9 Å². The van der Waals surface area contributed by atoms with Crippen molar-refractivity contribution in [2.75, 3.05) is 19.8 Å². The fourth-order valence-electron chi connectivity index (χ4n) is 6.01. The monoisotopic (exact) mass is 675 g/mol. The largest absolute Gasteiger partial charge is 0.494 e. The van der Waals surface area contributed by atoms with E-state index in [9.17, 15) is 9.90 Å². The summed E-state index contributed by atoms with van der Waals surface area (Å²) in [5.41, 5.74) is 9.59. The van der Waals surface area contributed by atoms with Gasteiger partial charge in [-0.05, 0) is 59.8 Å². The summed E-state index contributed by atoms with van der Waals surface area (Å²) >= 11 is 3.67. The first-order valence-corrected chi connectivity index (χ1v) is 16.1. The fraction of sp³-hybridized carbons (Fsp3) is 0.412. The summed E-state index contributed by atoms with van der Waals surface area (Å²) in [6.45, 7) is 0.676. The smallest absolute Gasteiger partial charge is 0.252 e. The van der Waals surface area contributed by atoms with Crippen LogP contribution in [0.3, 0.4) is 0 Å². The zero-order chi connectivity index (χ0) is 31.7. The number of halogens is 1. The average Bonchev–Trinajstić information content (AvgIpc) is 3.44. The Morgan fingerprint density at radius 1 is 1.07 bits per heavy atom. The maximum absolute atomic E-state index is 14.6. The van der Waals surface area contributed by atoms with Crippen LogP contribution in [0, 0.1) is 0 Å². The number of nitrogens with zero attached hydrogens (tertiary/aromatic N) is 4. The number of nitrogens with one attached hydrogen (secondary N) is 1. The highest BCUT2D eigenvalue weighted by atomic mass is 79.9. The standard InChI is InChI=1S/C34H38BrN5O5/c35-29-12-5-4-11-28(29)30-34(21-25-9-2-3-10-26(25)22-38-40-36,32(42)37-23-33(43)17-6-1-7-18-33)39-31(45-30)24-13-15-27(16-14-24)44-20-8-19-41/h2-5,9-16,30,41,43H,1,6-8,17-23H2,(H,37,42)/t30-,34-/m1/s1. The Labute approximate surface area is 271 Å². The van der Waals surface area contributed by atoms with Crippen LogP contribution in [0.15, 0.2) is 87.4 Å². The van der Waals surface area contributed by atoms with Crippen LogP contribution in [-0.2, 0) is 22.5 Å². The number of azide groups is 1. The predicted molar refractivity (Wildman–Crippen MR) is 175 cm³/mol. The molecule has 236 valence electrons. The highest BCUT2D eigenvalue weighted by molar-refractivity contribution is 9.10. The number of hydrogen-bond donors (Lipinski definition) is 3. The molecule has 3 N–H and O–H groups in total. The second-order valence-corrected chi connectivity index (χ2v) is 12.5. The van der Waals surface area contributed by atoms with Gasteiger partial charge in [-0.2, -0.15) is 0 Å². The van der Waals surface area contributed by atoms with Crippen molar-refractivity contribution in [3.63, 3.8) is 0 Å². The second-order valence-electron chi connectivity index (χ2n) is 11.6. The lowest BCUT2D eigenvalue weighted by atomic mass is 9.80. The molecular weight excluding hydrogens is 638 g/mol. The SMILES string of the molecule is [N-]=[N+]=NCc1ccccc1C[C@@]1(C(=O)NCC2(O)CCCCC2)N=C(c2ccc(OCCCO)cc2)O[C@@H]1c1ccccc1Br. The zero-order valence-corrected chi connectivity index (χ0v) is 26.7. The minimum atomic E-state index is -1.47. The molecule has 1 saturated carbocycles. The summed E-state index contributed by atoms with van der Waals surface area (Å²) < 4.78 is 13.1. The maximum atomic E-state index is 14.6. The molecule has 0 aromatic heterocycles. The van der Waals surface area contributed by atoms with Crippen molar-refractivity contribution in [2.24, 2.45) is 10.1 Å². The van der Waals surface area contributed by atoms with Crippen molar-refractivity contribution >= 4 is 27.7 Å². The molecule has 0 spiro atoms. The van der Waals surface area contributed by atoms with Gasteiger partial charge >= 0.3 is 0 Å². The molecule has 0 unspecified atom stereocenters. The molecule has 0 saturated heterocycles. The third-order valence-corrected chi connectivity index (χ3v) is 9.18. The van der Waals surface area contributed by atoms with E-state index in [4.69, 9.17) is 25.1 Å². The van der Waals surface area contributed by atoms with Gasteiger partial charge in [0.2, 0.25) is 5.90 Å². The Morgan fingerprint density at radius 3 is 2.49 bits per heavy atom. The van der Waals surface area contributed by atoms with Crippen molar-refractivity contribution in [3.05, 3.63) is 110 Å². The van der Waals surface area contributed by atoms with Gasteiger partial charge in [0.15, 0.2) is 11.6 Å². The molecule has 1 heterocycles. The van der Waals surface area contributed by atoms with E-state index in [0.29, 0.717) is 43.1 Å². The Hall–Kier alpha value is -3.89. The van der Waals surface area contributed by atoms with E-state index in [-0.39, 0.29) is 32.0 Å². The Balaban J connectivity index is 1.59. The highest BCUT2D eigenvalue weighted by Gasteiger charge is 2.54. The normalized spacial score (nSPS) is 20.4. The molecule has 1 fully saturated rings. The van der Waals surface area contributed by atoms with Gasteiger partial charge in [-0.25, -0.2) is 4.99 Å². The van der Waals surface area contributed by atoms with Crippen molar-refractivity contribution in [1.29, 1.82) is 0 Å². The zero-order valence-electron chi connectivity index (χ0n) is 25.1. The molecular formula is C34H38BrN5O5. The van der Waals surface area contributed by atoms with Crippen LogP contribution in [0.2, 0.25) is 0 Å². The number of benzene rings is 3. The molecule has 10 nitrogen and oxygen atoms in total. The number of carbonyl (C=O) groups is 1. The lowest BCUT2D eigenvalue weighted by Gasteiger charge is -2.35. The first-order valence-electron chi connectivity index (χ1n) is 15.3. The van der Waals surface area contributed by atoms with Gasteiger partial charge in [0.05, 0.1) is 18.8 Å². The van der Waals surface area contributed by atoms with Gasteiger partial charge in [0.1, 0.15) is 5.75 Å². The Bertz CT molecular complexity index is 1550. The highest BCUT2D eigenvalue weighted by Crippen LogP contribution is 2.45. The summed E-state index contributed by atoms with van der Waals surface area (Å²) in [6, 6.07) is 22.4. The molecule has 11 heteroatoms. The number of aliphatic hydroxyl groups is 2. The molecule has 3 aromatic rings. The number of aliphatic hydroxyl groups excluding tert-OH is 1. The Kier molecular flexibility index (Phi) is 10.8. The quantitative estimate of drug-likeness (QED) is 0.0837. The summed E-state index contributed by atoms with van der Waals surface area (Å²) in [5, 5.41) is 27.2. The first-order chi connectivity index (χ1) is 21.9. The van der Waals surface area contributed by atoms with Crippen LogP contribution in [0.1, 0.15) is 66.9 Å². The van der Waals surface area contributed by atoms with E-state index in [1.807, 2.05) is 60.7 Å². The third-order valence-electron chi connectivity index (χ3n) is 8.46. The van der Waals surface area contributed by atoms with E-state index < -0.39 is 17.2 Å². The summed E-state index contributed by atoms with van der Waals surface area (Å²) in [5.74, 6) is 0.585. The van der Waals surface area contributed by atoms with Crippen LogP contribution in [-0.4, -0.2) is 52.9 Å². The molecule has 0 bridgehead atoms. The molecule has 1 aliphatic heterocycles. The molecule has 1 amide bonds. The molecule has 3 aromatic carbocycles. The van der Waals surface area contributed by atoms with Crippen LogP contribution in [0.5, 0.6) is 5.75 Å². The fourth-order valence-corrected chi connectivity index (χ4v) is 6.51. The number of hydrogen-bond acceptors (Lipinski definition) is 7. The first kappa shape index (κ1) is 32.5. The minimum Gasteiger partial charge on any atom is -0.494 e. The minimum absolute atomic E-state index is 0.0483. The van der Waals surface area contributed by atoms with E-state index in [1.165, 1.54) is 0 Å². The van der Waals surface area contributed by atoms with E-state index in [2.05, 4.69) is 31.3 Å². The Morgan fingerprint density at radius 2 is 1.78 bits per heavy atom. The number of rotatable bonds is 13. The summed E-state index contributed by atoms with van der Waals surface area (Å²) in [6.07, 6.45) is 4.01. The van der Waals surface area contributed by atoms with Gasteiger partial charge in [-0.1, -0.05) is 82.8 Å². The van der Waals surface area contributed by atoms with Crippen LogP contribution in [0.25, 0.3) is 10.4 Å². The van der Waals surface area contributed by atoms with Gasteiger partial charge < -0.3 is 25.0 Å². The van der Waals surface area contributed by atoms with Gasteiger partial charge in [-0.15, -0.1) is 0 Å². The maximum Gasteiger partial charge on any atom is 0.252 e. The van der Waals surface area contributed by atoms with E-state index in [1.54, 1.807) is 12.1 Å². The molecule has 2 aliphatic rings. The van der Waals surface area contributed by atoms with Crippen molar-refractivity contribution in [3.8, 4) is 5.75 Å². The second kappa shape index (κ2) is 14.9. The van der Waals surface area contributed by atoms with Crippen molar-refractivity contribution in [1.82, 2.24) is 5.32 Å². The van der Waals surface area contributed by atoms with E-state index >= 15 is 0 Å². The average molecular weight is 677 g/mol. The predicted octanol–water partition coefficient (Wildman–Crippen LogP) is 6.33. The summed E-state index contributed by atoms with van der Waals surface area (Å²) in [7, 11) is 0. The third kappa shape index (κ3) is 7.68. The van der Waals surface area contributed by atoms with E-state index in [0.717, 1.165) is 40.4 Å². The van der Waals surface area contributed by atoms with Gasteiger partial charge in [0, 0.05) is 46.5 Å². The van der Waals surface area contributed by atoms with Crippen molar-refractivity contribution < 1.29 is 24.5 Å². The van der Waals surface area contributed by atoms with Crippen LogP contribution < -0.4 is 10.1 Å². The van der Waals surface area contributed by atoms with Crippen molar-refractivity contribution in [2.45, 2.75) is 68.7 Å². The van der Waals surface area contributed by atoms with Crippen LogP contribution in [0.4, 0.5) is 0 Å². The lowest BCUT2D eigenvalue weighted by Crippen LogP contribution is -2.54. The number of ether oxygens (including phenoxy) is 2. The molecule has 1 aliphatic carbocycles. The molecule has 0 radical (unpaired) electrons. The topological polar surface area (TPSA) is 149 Å². The molecule has 45 heavy (non-hydrogen) atoms.